The zero-order valence-corrected chi connectivity index (χ0v) is 12.9. The van der Waals surface area contributed by atoms with Gasteiger partial charge >= 0.3 is 0 Å². The SMILES string of the molecule is CC(C)(CCO)CNc1cc(N2CCCC2CO)ncn1. The second-order valence-corrected chi connectivity index (χ2v) is 6.42. The lowest BCUT2D eigenvalue weighted by Gasteiger charge is -2.26. The molecule has 3 N–H and O–H groups in total. The molecular weight excluding hydrogens is 268 g/mol. The minimum absolute atomic E-state index is 0.0150. The van der Waals surface area contributed by atoms with Crippen LogP contribution in [0, 0.1) is 5.41 Å². The van der Waals surface area contributed by atoms with Crippen molar-refractivity contribution in [3.05, 3.63) is 12.4 Å². The van der Waals surface area contributed by atoms with E-state index in [9.17, 15) is 5.11 Å². The van der Waals surface area contributed by atoms with E-state index in [4.69, 9.17) is 5.11 Å². The van der Waals surface area contributed by atoms with Crippen molar-refractivity contribution in [2.75, 3.05) is 36.5 Å². The van der Waals surface area contributed by atoms with Gasteiger partial charge in [-0.05, 0) is 24.7 Å². The van der Waals surface area contributed by atoms with Gasteiger partial charge in [0.1, 0.15) is 18.0 Å². The first-order chi connectivity index (χ1) is 10.1. The van der Waals surface area contributed by atoms with Gasteiger partial charge in [-0.25, -0.2) is 9.97 Å². The summed E-state index contributed by atoms with van der Waals surface area (Å²) in [5.74, 6) is 1.65. The van der Waals surface area contributed by atoms with Crippen LogP contribution in [0.3, 0.4) is 0 Å². The smallest absolute Gasteiger partial charge is 0.134 e. The molecule has 0 aliphatic carbocycles. The van der Waals surface area contributed by atoms with Crippen molar-refractivity contribution in [1.29, 1.82) is 0 Å². The molecule has 1 aromatic rings. The van der Waals surface area contributed by atoms with E-state index in [2.05, 4.69) is 34.0 Å². The molecule has 2 heterocycles. The summed E-state index contributed by atoms with van der Waals surface area (Å²) in [7, 11) is 0. The summed E-state index contributed by atoms with van der Waals surface area (Å²) in [6.07, 6.45) is 4.40. The van der Waals surface area contributed by atoms with Crippen molar-refractivity contribution in [3.63, 3.8) is 0 Å². The molecular formula is C15H26N4O2. The van der Waals surface area contributed by atoms with E-state index in [0.717, 1.165) is 44.0 Å². The maximum Gasteiger partial charge on any atom is 0.134 e. The molecule has 0 radical (unpaired) electrons. The van der Waals surface area contributed by atoms with Crippen LogP contribution in [0.25, 0.3) is 0 Å². The Hall–Kier alpha value is -1.40. The monoisotopic (exact) mass is 294 g/mol. The fraction of sp³-hybridized carbons (Fsp3) is 0.733. The summed E-state index contributed by atoms with van der Waals surface area (Å²) in [5.41, 5.74) is 0.0150. The van der Waals surface area contributed by atoms with Crippen molar-refractivity contribution < 1.29 is 10.2 Å². The third-order valence-electron chi connectivity index (χ3n) is 4.07. The van der Waals surface area contributed by atoms with Gasteiger partial charge in [-0.3, -0.25) is 0 Å². The van der Waals surface area contributed by atoms with Crippen LogP contribution >= 0.6 is 0 Å². The molecule has 0 amide bonds. The van der Waals surface area contributed by atoms with Crippen LogP contribution in [0.4, 0.5) is 11.6 Å². The van der Waals surface area contributed by atoms with Gasteiger partial charge in [-0.1, -0.05) is 13.8 Å². The third kappa shape index (κ3) is 4.28. The second kappa shape index (κ2) is 7.04. The summed E-state index contributed by atoms with van der Waals surface area (Å²) in [6.45, 7) is 6.25. The molecule has 0 spiro atoms. The molecule has 6 nitrogen and oxygen atoms in total. The first-order valence-electron chi connectivity index (χ1n) is 7.60. The van der Waals surface area contributed by atoms with Crippen LogP contribution < -0.4 is 10.2 Å². The summed E-state index contributed by atoms with van der Waals surface area (Å²) < 4.78 is 0. The maximum absolute atomic E-state index is 9.41. The van der Waals surface area contributed by atoms with Crippen LogP contribution in [0.2, 0.25) is 0 Å². The summed E-state index contributed by atoms with van der Waals surface area (Å²) >= 11 is 0. The fourth-order valence-electron chi connectivity index (χ4n) is 2.65. The molecule has 0 saturated carbocycles. The molecule has 1 aromatic heterocycles. The summed E-state index contributed by atoms with van der Waals surface area (Å²) in [4.78, 5) is 10.7. The second-order valence-electron chi connectivity index (χ2n) is 6.42. The Balaban J connectivity index is 2.01. The van der Waals surface area contributed by atoms with Crippen molar-refractivity contribution in [3.8, 4) is 0 Å². The van der Waals surface area contributed by atoms with Crippen molar-refractivity contribution >= 4 is 11.6 Å². The molecule has 1 aliphatic rings. The summed E-state index contributed by atoms with van der Waals surface area (Å²) in [5, 5.41) is 21.8. The molecule has 0 bridgehead atoms. The molecule has 1 aliphatic heterocycles. The number of aromatic nitrogens is 2. The van der Waals surface area contributed by atoms with E-state index in [1.807, 2.05) is 6.07 Å². The first-order valence-corrected chi connectivity index (χ1v) is 7.60. The Kier molecular flexibility index (Phi) is 5.36. The largest absolute Gasteiger partial charge is 0.396 e. The molecule has 0 aromatic carbocycles. The van der Waals surface area contributed by atoms with Gasteiger partial charge in [0.25, 0.3) is 0 Å². The van der Waals surface area contributed by atoms with E-state index in [-0.39, 0.29) is 24.7 Å². The van der Waals surface area contributed by atoms with Gasteiger partial charge < -0.3 is 20.4 Å². The number of anilines is 2. The Morgan fingerprint density at radius 2 is 2.19 bits per heavy atom. The van der Waals surface area contributed by atoms with E-state index in [1.54, 1.807) is 6.33 Å². The minimum Gasteiger partial charge on any atom is -0.396 e. The molecule has 1 atom stereocenters. The highest BCUT2D eigenvalue weighted by Crippen LogP contribution is 2.25. The predicted octanol–water partition coefficient (Wildman–Crippen LogP) is 1.26. The normalized spacial score (nSPS) is 19.0. The van der Waals surface area contributed by atoms with Gasteiger partial charge in [-0.2, -0.15) is 0 Å². The fourth-order valence-corrected chi connectivity index (χ4v) is 2.65. The topological polar surface area (TPSA) is 81.5 Å². The minimum atomic E-state index is 0.0150. The van der Waals surface area contributed by atoms with Crippen molar-refractivity contribution in [2.24, 2.45) is 5.41 Å². The third-order valence-corrected chi connectivity index (χ3v) is 4.07. The highest BCUT2D eigenvalue weighted by molar-refractivity contribution is 5.49. The number of aliphatic hydroxyl groups excluding tert-OH is 2. The zero-order valence-electron chi connectivity index (χ0n) is 12.9. The number of aliphatic hydroxyl groups is 2. The van der Waals surface area contributed by atoms with E-state index >= 15 is 0 Å². The number of nitrogens with zero attached hydrogens (tertiary/aromatic N) is 3. The van der Waals surface area contributed by atoms with Crippen LogP contribution in [-0.4, -0.2) is 52.5 Å². The Labute approximate surface area is 126 Å². The average molecular weight is 294 g/mol. The number of rotatable bonds is 7. The quantitative estimate of drug-likeness (QED) is 0.702. The van der Waals surface area contributed by atoms with Crippen molar-refractivity contribution in [2.45, 2.75) is 39.2 Å². The van der Waals surface area contributed by atoms with E-state index in [1.165, 1.54) is 0 Å². The van der Waals surface area contributed by atoms with Gasteiger partial charge in [0.15, 0.2) is 0 Å². The number of hydrogen-bond acceptors (Lipinski definition) is 6. The predicted molar refractivity (Wildman–Crippen MR) is 83.5 cm³/mol. The van der Waals surface area contributed by atoms with Gasteiger partial charge in [0.2, 0.25) is 0 Å². The molecule has 1 fully saturated rings. The highest BCUT2D eigenvalue weighted by atomic mass is 16.3. The van der Waals surface area contributed by atoms with Crippen molar-refractivity contribution in [1.82, 2.24) is 9.97 Å². The van der Waals surface area contributed by atoms with Gasteiger partial charge in [-0.15, -0.1) is 0 Å². The summed E-state index contributed by atoms with van der Waals surface area (Å²) in [6, 6.07) is 2.10. The molecule has 21 heavy (non-hydrogen) atoms. The van der Waals surface area contributed by atoms with Crippen LogP contribution in [0.15, 0.2) is 12.4 Å². The molecule has 118 valence electrons. The number of hydrogen-bond donors (Lipinski definition) is 3. The first kappa shape index (κ1) is 16.0. The Morgan fingerprint density at radius 1 is 1.38 bits per heavy atom. The molecule has 1 saturated heterocycles. The Morgan fingerprint density at radius 3 is 2.90 bits per heavy atom. The lowest BCUT2D eigenvalue weighted by Crippen LogP contribution is -2.32. The van der Waals surface area contributed by atoms with E-state index < -0.39 is 0 Å². The lowest BCUT2D eigenvalue weighted by molar-refractivity contribution is 0.220. The average Bonchev–Trinajstić information content (AvgIpc) is 2.94. The van der Waals surface area contributed by atoms with Gasteiger partial charge in [0.05, 0.1) is 12.6 Å². The molecule has 1 unspecified atom stereocenters. The number of nitrogens with one attached hydrogen (secondary N) is 1. The van der Waals surface area contributed by atoms with Crippen LogP contribution in [0.1, 0.15) is 33.1 Å². The van der Waals surface area contributed by atoms with E-state index in [0.29, 0.717) is 0 Å². The van der Waals surface area contributed by atoms with Crippen LogP contribution in [0.5, 0.6) is 0 Å². The molecule has 2 rings (SSSR count). The standard InChI is InChI=1S/C15H26N4O2/c1-15(2,5-7-20)10-16-13-8-14(18-11-17-13)19-6-3-4-12(19)9-21/h8,11-12,20-21H,3-7,9-10H2,1-2H3,(H,16,17,18). The molecule has 6 heteroatoms. The zero-order chi connectivity index (χ0) is 15.3. The Bertz CT molecular complexity index is 453. The van der Waals surface area contributed by atoms with Crippen LogP contribution in [-0.2, 0) is 0 Å². The maximum atomic E-state index is 9.41. The lowest BCUT2D eigenvalue weighted by atomic mass is 9.90. The highest BCUT2D eigenvalue weighted by Gasteiger charge is 2.25. The van der Waals surface area contributed by atoms with Gasteiger partial charge in [0, 0.05) is 25.8 Å².